The van der Waals surface area contributed by atoms with Gasteiger partial charge >= 0.3 is 0 Å². The summed E-state index contributed by atoms with van der Waals surface area (Å²) in [5.74, 6) is 0.283. The Kier molecular flexibility index (Phi) is 6.38. The van der Waals surface area contributed by atoms with E-state index < -0.39 is 10.8 Å². The molecule has 1 atom stereocenters. The van der Waals surface area contributed by atoms with Crippen LogP contribution in [0.4, 0.5) is 0 Å². The molecule has 0 spiro atoms. The van der Waals surface area contributed by atoms with Crippen molar-refractivity contribution in [3.05, 3.63) is 60.2 Å². The molecule has 2 aliphatic rings. The maximum absolute atomic E-state index is 13.8. The number of carbonyl (C=O) groups excluding carboxylic acids is 2. The Bertz CT molecular complexity index is 943. The summed E-state index contributed by atoms with van der Waals surface area (Å²) in [5.41, 5.74) is 2.46. The second-order valence-electron chi connectivity index (χ2n) is 10.2. The average molecular weight is 435 g/mol. The molecule has 4 rings (SSSR count). The summed E-state index contributed by atoms with van der Waals surface area (Å²) in [6.07, 6.45) is 1.34. The fourth-order valence-electron chi connectivity index (χ4n) is 4.85. The lowest BCUT2D eigenvalue weighted by atomic mass is 9.79. The zero-order chi connectivity index (χ0) is 22.8. The van der Waals surface area contributed by atoms with Gasteiger partial charge in [-0.05, 0) is 29.5 Å². The third-order valence-electron chi connectivity index (χ3n) is 6.64. The molecule has 5 nitrogen and oxygen atoms in total. The van der Waals surface area contributed by atoms with Gasteiger partial charge in [0.25, 0.3) is 0 Å². The first-order chi connectivity index (χ1) is 15.3. The van der Waals surface area contributed by atoms with E-state index in [1.54, 1.807) is 0 Å². The number of hydrogen-bond acceptors (Lipinski definition) is 3. The summed E-state index contributed by atoms with van der Waals surface area (Å²) in [6, 6.07) is 18.8. The molecule has 2 heterocycles. The largest absolute Gasteiger partial charge is 0.378 e. The van der Waals surface area contributed by atoms with Gasteiger partial charge in [0.05, 0.1) is 18.6 Å². The Morgan fingerprint density at radius 2 is 1.50 bits per heavy atom. The van der Waals surface area contributed by atoms with Crippen LogP contribution in [0.2, 0.25) is 0 Å². The van der Waals surface area contributed by atoms with Crippen LogP contribution >= 0.6 is 0 Å². The first-order valence-corrected chi connectivity index (χ1v) is 11.6. The number of hydrogen-bond donors (Lipinski definition) is 0. The van der Waals surface area contributed by atoms with Crippen LogP contribution in [-0.2, 0) is 20.7 Å². The zero-order valence-corrected chi connectivity index (χ0v) is 19.5. The summed E-state index contributed by atoms with van der Waals surface area (Å²) in [4.78, 5) is 30.6. The van der Waals surface area contributed by atoms with Crippen molar-refractivity contribution in [3.63, 3.8) is 0 Å². The highest BCUT2D eigenvalue weighted by molar-refractivity contribution is 5.87. The number of rotatable bonds is 4. The van der Waals surface area contributed by atoms with Crippen molar-refractivity contribution in [2.24, 2.45) is 10.8 Å². The molecule has 0 aliphatic carbocycles. The SMILES string of the molecule is CC(C)(C)C(=O)N1CC[C@](Cc2ccc(-c3ccccc3)cc2)(C(=O)N2CCOCC2)C1. The highest BCUT2D eigenvalue weighted by atomic mass is 16.5. The Morgan fingerprint density at radius 3 is 2.12 bits per heavy atom. The fourth-order valence-corrected chi connectivity index (χ4v) is 4.85. The molecule has 5 heteroatoms. The van der Waals surface area contributed by atoms with Crippen LogP contribution in [0.5, 0.6) is 0 Å². The van der Waals surface area contributed by atoms with Crippen molar-refractivity contribution in [1.29, 1.82) is 0 Å². The van der Waals surface area contributed by atoms with Crippen molar-refractivity contribution < 1.29 is 14.3 Å². The Balaban J connectivity index is 1.58. The van der Waals surface area contributed by atoms with Gasteiger partial charge in [0.15, 0.2) is 0 Å². The molecule has 0 aromatic heterocycles. The van der Waals surface area contributed by atoms with Crippen LogP contribution in [0.25, 0.3) is 11.1 Å². The highest BCUT2D eigenvalue weighted by Crippen LogP contribution is 2.38. The molecule has 2 saturated heterocycles. The lowest BCUT2D eigenvalue weighted by molar-refractivity contribution is -0.147. The van der Waals surface area contributed by atoms with Crippen LogP contribution < -0.4 is 0 Å². The molecule has 170 valence electrons. The van der Waals surface area contributed by atoms with E-state index in [0.29, 0.717) is 52.2 Å². The molecule has 2 aromatic carbocycles. The molecule has 2 fully saturated rings. The number of benzene rings is 2. The summed E-state index contributed by atoms with van der Waals surface area (Å²) >= 11 is 0. The first-order valence-electron chi connectivity index (χ1n) is 11.6. The van der Waals surface area contributed by atoms with Crippen LogP contribution in [-0.4, -0.2) is 61.0 Å². The first kappa shape index (κ1) is 22.5. The van der Waals surface area contributed by atoms with Crippen molar-refractivity contribution in [3.8, 4) is 11.1 Å². The summed E-state index contributed by atoms with van der Waals surface area (Å²) < 4.78 is 5.46. The van der Waals surface area contributed by atoms with Crippen LogP contribution in [0, 0.1) is 10.8 Å². The minimum Gasteiger partial charge on any atom is -0.378 e. The number of likely N-dealkylation sites (tertiary alicyclic amines) is 1. The smallest absolute Gasteiger partial charge is 0.231 e. The van der Waals surface area contributed by atoms with E-state index in [9.17, 15) is 9.59 Å². The minimum atomic E-state index is -0.577. The van der Waals surface area contributed by atoms with Gasteiger partial charge in [0, 0.05) is 31.6 Å². The number of ether oxygens (including phenoxy) is 1. The number of carbonyl (C=O) groups is 2. The lowest BCUT2D eigenvalue weighted by Crippen LogP contribution is -2.51. The topological polar surface area (TPSA) is 49.9 Å². The van der Waals surface area contributed by atoms with E-state index in [0.717, 1.165) is 5.56 Å². The zero-order valence-electron chi connectivity index (χ0n) is 19.5. The Morgan fingerprint density at radius 1 is 0.875 bits per heavy atom. The second-order valence-corrected chi connectivity index (χ2v) is 10.2. The van der Waals surface area contributed by atoms with Crippen LogP contribution in [0.15, 0.2) is 54.6 Å². The van der Waals surface area contributed by atoms with Gasteiger partial charge in [-0.1, -0.05) is 75.4 Å². The third kappa shape index (κ3) is 4.73. The van der Waals surface area contributed by atoms with Crippen molar-refractivity contribution in [1.82, 2.24) is 9.80 Å². The number of amides is 2. The van der Waals surface area contributed by atoms with Gasteiger partial charge in [-0.25, -0.2) is 0 Å². The van der Waals surface area contributed by atoms with Gasteiger partial charge in [0.1, 0.15) is 0 Å². The molecule has 0 radical (unpaired) electrons. The van der Waals surface area contributed by atoms with E-state index in [2.05, 4.69) is 36.4 Å². The minimum absolute atomic E-state index is 0.119. The van der Waals surface area contributed by atoms with E-state index in [1.807, 2.05) is 48.8 Å². The molecule has 0 saturated carbocycles. The molecular weight excluding hydrogens is 400 g/mol. The molecule has 0 unspecified atom stereocenters. The van der Waals surface area contributed by atoms with Crippen LogP contribution in [0.3, 0.4) is 0 Å². The van der Waals surface area contributed by atoms with Gasteiger partial charge < -0.3 is 14.5 Å². The van der Waals surface area contributed by atoms with E-state index >= 15 is 0 Å². The fraction of sp³-hybridized carbons (Fsp3) is 0.481. The monoisotopic (exact) mass is 434 g/mol. The van der Waals surface area contributed by atoms with Gasteiger partial charge in [-0.15, -0.1) is 0 Å². The summed E-state index contributed by atoms with van der Waals surface area (Å²) in [6.45, 7) is 9.37. The van der Waals surface area contributed by atoms with Gasteiger partial charge in [-0.3, -0.25) is 9.59 Å². The molecule has 2 aliphatic heterocycles. The van der Waals surface area contributed by atoms with E-state index in [4.69, 9.17) is 4.74 Å². The van der Waals surface area contributed by atoms with Crippen LogP contribution in [0.1, 0.15) is 32.8 Å². The van der Waals surface area contributed by atoms with Gasteiger partial charge in [-0.2, -0.15) is 0 Å². The molecular formula is C27H34N2O3. The predicted molar refractivity (Wildman–Crippen MR) is 126 cm³/mol. The predicted octanol–water partition coefficient (Wildman–Crippen LogP) is 4.02. The maximum Gasteiger partial charge on any atom is 0.231 e. The molecule has 32 heavy (non-hydrogen) atoms. The number of morpholine rings is 1. The van der Waals surface area contributed by atoms with Crippen molar-refractivity contribution in [2.75, 3.05) is 39.4 Å². The highest BCUT2D eigenvalue weighted by Gasteiger charge is 2.49. The standard InChI is InChI=1S/C27H34N2O3/c1-26(2,3)24(30)29-14-13-27(20-29,25(31)28-15-17-32-18-16-28)19-21-9-11-23(12-10-21)22-7-5-4-6-8-22/h4-12H,13-20H2,1-3H3/t27-/m1/s1. The van der Waals surface area contributed by atoms with E-state index in [-0.39, 0.29) is 11.8 Å². The summed E-state index contributed by atoms with van der Waals surface area (Å²) in [7, 11) is 0. The third-order valence-corrected chi connectivity index (χ3v) is 6.64. The van der Waals surface area contributed by atoms with Crippen molar-refractivity contribution >= 4 is 11.8 Å². The average Bonchev–Trinajstić information content (AvgIpc) is 3.24. The maximum atomic E-state index is 13.8. The Hall–Kier alpha value is -2.66. The summed E-state index contributed by atoms with van der Waals surface area (Å²) in [5, 5.41) is 0. The van der Waals surface area contributed by atoms with Gasteiger partial charge in [0.2, 0.25) is 11.8 Å². The van der Waals surface area contributed by atoms with Crippen molar-refractivity contribution in [2.45, 2.75) is 33.6 Å². The second kappa shape index (κ2) is 9.07. The lowest BCUT2D eigenvalue weighted by Gasteiger charge is -2.37. The normalized spacial score (nSPS) is 21.6. The molecule has 2 aromatic rings. The van der Waals surface area contributed by atoms with E-state index in [1.165, 1.54) is 11.1 Å². The number of nitrogens with zero attached hydrogens (tertiary/aromatic N) is 2. The Labute approximate surface area is 191 Å². The molecule has 2 amide bonds. The quantitative estimate of drug-likeness (QED) is 0.730. The molecule has 0 bridgehead atoms. The molecule has 0 N–H and O–H groups in total.